The standard InChI is InChI=1S/C22H25NO4S/c1-16-7-2-3-8-17(16)13-23-21(24)14-27-22(25)19-10-4-5-11-20(19)28-15-18-9-6-12-26-18/h2-5,7-8,10-11,18H,6,9,12-15H2,1H3,(H,23,24)/t18-/m1/s1. The predicted octanol–water partition coefficient (Wildman–Crippen LogP) is 3.74. The molecular formula is C22H25NO4S. The monoisotopic (exact) mass is 399 g/mol. The van der Waals surface area contributed by atoms with Gasteiger partial charge < -0.3 is 14.8 Å². The van der Waals surface area contributed by atoms with Gasteiger partial charge in [0.15, 0.2) is 6.61 Å². The summed E-state index contributed by atoms with van der Waals surface area (Å²) in [6.45, 7) is 2.92. The average Bonchev–Trinajstić information content (AvgIpc) is 3.24. The second-order valence-electron chi connectivity index (χ2n) is 6.72. The molecule has 1 saturated heterocycles. The maximum absolute atomic E-state index is 12.4. The minimum Gasteiger partial charge on any atom is -0.452 e. The number of carbonyl (C=O) groups is 2. The predicted molar refractivity (Wildman–Crippen MR) is 109 cm³/mol. The maximum Gasteiger partial charge on any atom is 0.339 e. The van der Waals surface area contributed by atoms with Gasteiger partial charge in [-0.25, -0.2) is 4.79 Å². The zero-order chi connectivity index (χ0) is 19.8. The second kappa shape index (κ2) is 10.3. The topological polar surface area (TPSA) is 64.6 Å². The van der Waals surface area contributed by atoms with Crippen molar-refractivity contribution in [3.8, 4) is 0 Å². The molecule has 1 aliphatic heterocycles. The molecule has 0 bridgehead atoms. The Bertz CT molecular complexity index is 818. The van der Waals surface area contributed by atoms with E-state index in [2.05, 4.69) is 5.32 Å². The number of amides is 1. The van der Waals surface area contributed by atoms with E-state index in [1.807, 2.05) is 43.3 Å². The highest BCUT2D eigenvalue weighted by atomic mass is 32.2. The Morgan fingerprint density at radius 2 is 1.96 bits per heavy atom. The van der Waals surface area contributed by atoms with E-state index in [9.17, 15) is 9.59 Å². The fourth-order valence-corrected chi connectivity index (χ4v) is 4.09. The Kier molecular flexibility index (Phi) is 7.51. The molecule has 2 aromatic rings. The minimum atomic E-state index is -0.485. The molecule has 148 valence electrons. The van der Waals surface area contributed by atoms with Gasteiger partial charge in [-0.2, -0.15) is 0 Å². The summed E-state index contributed by atoms with van der Waals surface area (Å²) in [4.78, 5) is 25.3. The van der Waals surface area contributed by atoms with Crippen molar-refractivity contribution in [1.29, 1.82) is 0 Å². The first kappa shape index (κ1) is 20.4. The molecule has 1 atom stereocenters. The first-order valence-corrected chi connectivity index (χ1v) is 10.4. The molecule has 0 aromatic heterocycles. The fraction of sp³-hybridized carbons (Fsp3) is 0.364. The van der Waals surface area contributed by atoms with E-state index >= 15 is 0 Å². The molecule has 2 aromatic carbocycles. The lowest BCUT2D eigenvalue weighted by atomic mass is 10.1. The molecule has 0 unspecified atom stereocenters. The Morgan fingerprint density at radius 1 is 1.18 bits per heavy atom. The van der Waals surface area contributed by atoms with Gasteiger partial charge in [0.05, 0.1) is 11.7 Å². The van der Waals surface area contributed by atoms with Gasteiger partial charge in [0.25, 0.3) is 5.91 Å². The Morgan fingerprint density at radius 3 is 2.75 bits per heavy atom. The molecular weight excluding hydrogens is 374 g/mol. The van der Waals surface area contributed by atoms with Crippen molar-refractivity contribution in [2.45, 2.75) is 37.3 Å². The summed E-state index contributed by atoms with van der Waals surface area (Å²) in [6, 6.07) is 15.2. The van der Waals surface area contributed by atoms with Crippen LogP contribution in [0.25, 0.3) is 0 Å². The number of nitrogens with one attached hydrogen (secondary N) is 1. The largest absolute Gasteiger partial charge is 0.452 e. The van der Waals surface area contributed by atoms with Crippen LogP contribution in [0.15, 0.2) is 53.4 Å². The summed E-state index contributed by atoms with van der Waals surface area (Å²) in [5.74, 6) is 0.00358. The molecule has 28 heavy (non-hydrogen) atoms. The van der Waals surface area contributed by atoms with Crippen molar-refractivity contribution < 1.29 is 19.1 Å². The van der Waals surface area contributed by atoms with Crippen LogP contribution >= 0.6 is 11.8 Å². The highest BCUT2D eigenvalue weighted by Crippen LogP contribution is 2.27. The van der Waals surface area contributed by atoms with Crippen molar-refractivity contribution in [2.24, 2.45) is 0 Å². The summed E-state index contributed by atoms with van der Waals surface area (Å²) in [5, 5.41) is 2.79. The van der Waals surface area contributed by atoms with Crippen LogP contribution in [-0.2, 0) is 20.8 Å². The van der Waals surface area contributed by atoms with Gasteiger partial charge in [0.2, 0.25) is 0 Å². The number of rotatable bonds is 8. The van der Waals surface area contributed by atoms with E-state index in [4.69, 9.17) is 9.47 Å². The Hall–Kier alpha value is -2.31. The minimum absolute atomic E-state index is 0.237. The lowest BCUT2D eigenvalue weighted by Gasteiger charge is -2.12. The van der Waals surface area contributed by atoms with Crippen LogP contribution in [0.2, 0.25) is 0 Å². The molecule has 1 heterocycles. The van der Waals surface area contributed by atoms with Gasteiger partial charge >= 0.3 is 5.97 Å². The quantitative estimate of drug-likeness (QED) is 0.541. The number of carbonyl (C=O) groups excluding carboxylic acids is 2. The molecule has 0 aliphatic carbocycles. The number of thioether (sulfide) groups is 1. The lowest BCUT2D eigenvalue weighted by Crippen LogP contribution is -2.28. The summed E-state index contributed by atoms with van der Waals surface area (Å²) in [7, 11) is 0. The summed E-state index contributed by atoms with van der Waals surface area (Å²) in [5.41, 5.74) is 2.63. The van der Waals surface area contributed by atoms with Gasteiger partial charge in [0.1, 0.15) is 0 Å². The number of benzene rings is 2. The lowest BCUT2D eigenvalue weighted by molar-refractivity contribution is -0.124. The molecule has 0 radical (unpaired) electrons. The normalized spacial score (nSPS) is 16.0. The third-order valence-corrected chi connectivity index (χ3v) is 5.83. The first-order valence-electron chi connectivity index (χ1n) is 9.45. The van der Waals surface area contributed by atoms with E-state index < -0.39 is 5.97 Å². The second-order valence-corrected chi connectivity index (χ2v) is 7.78. The molecule has 3 rings (SSSR count). The van der Waals surface area contributed by atoms with Crippen molar-refractivity contribution in [3.63, 3.8) is 0 Å². The van der Waals surface area contributed by atoms with Crippen LogP contribution in [0.1, 0.15) is 34.3 Å². The maximum atomic E-state index is 12.4. The number of hydrogen-bond acceptors (Lipinski definition) is 5. The van der Waals surface area contributed by atoms with Crippen LogP contribution < -0.4 is 5.32 Å². The van der Waals surface area contributed by atoms with Crippen LogP contribution in [0.3, 0.4) is 0 Å². The van der Waals surface area contributed by atoms with Crippen LogP contribution in [-0.4, -0.2) is 36.9 Å². The molecule has 1 fully saturated rings. The van der Waals surface area contributed by atoms with Crippen LogP contribution in [0.5, 0.6) is 0 Å². The summed E-state index contributed by atoms with van der Waals surface area (Å²) in [6.07, 6.45) is 2.38. The first-order chi connectivity index (χ1) is 13.6. The number of esters is 1. The van der Waals surface area contributed by atoms with E-state index in [1.165, 1.54) is 0 Å². The van der Waals surface area contributed by atoms with Gasteiger partial charge in [0, 0.05) is 23.8 Å². The summed E-state index contributed by atoms with van der Waals surface area (Å²) < 4.78 is 10.9. The molecule has 1 amide bonds. The highest BCUT2D eigenvalue weighted by molar-refractivity contribution is 7.99. The zero-order valence-corrected chi connectivity index (χ0v) is 16.8. The summed E-state index contributed by atoms with van der Waals surface area (Å²) >= 11 is 1.59. The van der Waals surface area contributed by atoms with Crippen molar-refractivity contribution in [2.75, 3.05) is 19.0 Å². The zero-order valence-electron chi connectivity index (χ0n) is 16.0. The van der Waals surface area contributed by atoms with E-state index in [1.54, 1.807) is 23.9 Å². The average molecular weight is 400 g/mol. The van der Waals surface area contributed by atoms with Crippen LogP contribution in [0.4, 0.5) is 0 Å². The van der Waals surface area contributed by atoms with E-state index in [-0.39, 0.29) is 18.6 Å². The SMILES string of the molecule is Cc1ccccc1CNC(=O)COC(=O)c1ccccc1SC[C@H]1CCCO1. The third kappa shape index (κ3) is 5.84. The number of hydrogen-bond donors (Lipinski definition) is 1. The van der Waals surface area contributed by atoms with Gasteiger partial charge in [-0.1, -0.05) is 36.4 Å². The van der Waals surface area contributed by atoms with Crippen LogP contribution in [0, 0.1) is 6.92 Å². The smallest absolute Gasteiger partial charge is 0.339 e. The molecule has 6 heteroatoms. The van der Waals surface area contributed by atoms with E-state index in [0.29, 0.717) is 12.1 Å². The Labute approximate surface area is 169 Å². The third-order valence-electron chi connectivity index (χ3n) is 4.63. The molecule has 1 aliphatic rings. The molecule has 1 N–H and O–H groups in total. The van der Waals surface area contributed by atoms with E-state index in [0.717, 1.165) is 41.2 Å². The molecule has 0 saturated carbocycles. The number of ether oxygens (including phenoxy) is 2. The molecule has 0 spiro atoms. The van der Waals surface area contributed by atoms with Crippen molar-refractivity contribution >= 4 is 23.6 Å². The van der Waals surface area contributed by atoms with Gasteiger partial charge in [-0.3, -0.25) is 4.79 Å². The fourth-order valence-electron chi connectivity index (χ4n) is 2.98. The van der Waals surface area contributed by atoms with Gasteiger partial charge in [-0.15, -0.1) is 11.8 Å². The molecule has 5 nitrogen and oxygen atoms in total. The highest BCUT2D eigenvalue weighted by Gasteiger charge is 2.19. The number of aryl methyl sites for hydroxylation is 1. The van der Waals surface area contributed by atoms with Crippen molar-refractivity contribution in [1.82, 2.24) is 5.32 Å². The van der Waals surface area contributed by atoms with Gasteiger partial charge in [-0.05, 0) is 43.0 Å². The van der Waals surface area contributed by atoms with Crippen molar-refractivity contribution in [3.05, 3.63) is 65.2 Å². The Balaban J connectivity index is 1.48.